The van der Waals surface area contributed by atoms with Crippen molar-refractivity contribution in [1.29, 1.82) is 0 Å². The molecule has 9 nitrogen and oxygen atoms in total. The number of rotatable bonds is 5. The molecule has 0 radical (unpaired) electrons. The van der Waals surface area contributed by atoms with E-state index in [-0.39, 0.29) is 37.7 Å². The van der Waals surface area contributed by atoms with Crippen LogP contribution in [0.3, 0.4) is 0 Å². The normalized spacial score (nSPS) is 56.0. The van der Waals surface area contributed by atoms with Crippen molar-refractivity contribution >= 4 is 0 Å². The Labute approximate surface area is 213 Å². The largest absolute Gasteiger partial charge is 0.392 e. The monoisotopic (exact) mass is 514 g/mol. The van der Waals surface area contributed by atoms with Gasteiger partial charge in [-0.05, 0) is 63.7 Å². The molecule has 0 aliphatic heterocycles. The van der Waals surface area contributed by atoms with Crippen LogP contribution in [0.1, 0.15) is 72.6 Å². The number of hydrogen-bond donors (Lipinski definition) is 9. The van der Waals surface area contributed by atoms with E-state index in [4.69, 9.17) is 0 Å². The van der Waals surface area contributed by atoms with E-state index >= 15 is 0 Å². The Hall–Kier alpha value is -0.620. The maximum absolute atomic E-state index is 12.3. The second-order valence-corrected chi connectivity index (χ2v) is 12.9. The van der Waals surface area contributed by atoms with Gasteiger partial charge < -0.3 is 46.0 Å². The molecule has 0 saturated heterocycles. The van der Waals surface area contributed by atoms with E-state index in [0.717, 1.165) is 12.0 Å². The van der Waals surface area contributed by atoms with Crippen LogP contribution in [0, 0.1) is 28.6 Å². The van der Waals surface area contributed by atoms with Crippen LogP contribution in [0.15, 0.2) is 11.6 Å². The van der Waals surface area contributed by atoms with Crippen LogP contribution in [-0.2, 0) is 0 Å². The smallest absolute Gasteiger partial charge is 0.128 e. The highest BCUT2D eigenvalue weighted by molar-refractivity contribution is 5.33. The van der Waals surface area contributed by atoms with Crippen LogP contribution < -0.4 is 0 Å². The van der Waals surface area contributed by atoms with Gasteiger partial charge in [0.05, 0.1) is 18.8 Å². The van der Waals surface area contributed by atoms with Gasteiger partial charge in [-0.1, -0.05) is 32.4 Å². The minimum atomic E-state index is -2.36. The summed E-state index contributed by atoms with van der Waals surface area (Å²) in [7, 11) is 0. The Kier molecular flexibility index (Phi) is 7.07. The van der Waals surface area contributed by atoms with Crippen molar-refractivity contribution in [3.63, 3.8) is 0 Å². The maximum atomic E-state index is 12.3. The fraction of sp³-hybridized carbons (Fsp3) is 0.926. The Balaban J connectivity index is 1.75. The summed E-state index contributed by atoms with van der Waals surface area (Å²) in [5.74, 6) is -1.10. The van der Waals surface area contributed by atoms with Gasteiger partial charge in [0.25, 0.3) is 0 Å². The molecule has 9 N–H and O–H groups in total. The van der Waals surface area contributed by atoms with E-state index in [1.54, 1.807) is 6.92 Å². The van der Waals surface area contributed by atoms with E-state index in [9.17, 15) is 46.0 Å². The lowest BCUT2D eigenvalue weighted by atomic mass is 9.38. The molecule has 208 valence electrons. The summed E-state index contributed by atoms with van der Waals surface area (Å²) in [5.41, 5.74) is -8.31. The average Bonchev–Trinajstić information content (AvgIpc) is 3.05. The van der Waals surface area contributed by atoms with Gasteiger partial charge in [-0.15, -0.1) is 0 Å². The molecular formula is C27H46O9. The number of aliphatic hydroxyl groups excluding tert-OH is 6. The third-order valence-corrected chi connectivity index (χ3v) is 11.5. The second kappa shape index (κ2) is 8.96. The zero-order valence-electron chi connectivity index (χ0n) is 21.9. The molecule has 4 saturated carbocycles. The lowest BCUT2D eigenvalue weighted by molar-refractivity contribution is -0.401. The molecule has 0 amide bonds. The van der Waals surface area contributed by atoms with E-state index in [0.29, 0.717) is 19.3 Å². The second-order valence-electron chi connectivity index (χ2n) is 12.9. The standard InChI is InChI=1S/C27H46O9/c1-14(13-28)6-5-7-15(2)16-12-19(30)27(36)23(16,3)11-9-18-24(4)10-8-17(29)20(31)26(24,35)22(33)21(32)25(18,27)34/h6,15-22,28-36H,5,7-13H2,1-4H3/t15-,16-,17?,18-,19?,20?,21?,22?,23-,24-,25-,26?,27+/m1/s1. The van der Waals surface area contributed by atoms with Crippen LogP contribution >= 0.6 is 0 Å². The molecule has 6 unspecified atom stereocenters. The molecule has 0 heterocycles. The highest BCUT2D eigenvalue weighted by Crippen LogP contribution is 2.72. The first-order chi connectivity index (χ1) is 16.6. The van der Waals surface area contributed by atoms with Crippen molar-refractivity contribution in [2.24, 2.45) is 28.6 Å². The van der Waals surface area contributed by atoms with Crippen LogP contribution in [0.4, 0.5) is 0 Å². The quantitative estimate of drug-likeness (QED) is 0.220. The Morgan fingerprint density at radius 1 is 0.889 bits per heavy atom. The SMILES string of the molecule is CC(=CCC[C@@H](C)[C@H]1CC(O)[C@]2(O)[C@]1(C)CC[C@@H]1[C@@]3(C)CCC(O)C(O)C3(O)C(O)C(O)[C@]12O)CO. The first kappa shape index (κ1) is 28.4. The summed E-state index contributed by atoms with van der Waals surface area (Å²) < 4.78 is 0. The van der Waals surface area contributed by atoms with Gasteiger partial charge >= 0.3 is 0 Å². The molecule has 0 spiro atoms. The molecule has 4 aliphatic rings. The van der Waals surface area contributed by atoms with Crippen LogP contribution in [-0.4, -0.2) is 99.9 Å². The third kappa shape index (κ3) is 3.21. The van der Waals surface area contributed by atoms with Crippen molar-refractivity contribution in [3.05, 3.63) is 11.6 Å². The number of aliphatic hydroxyl groups is 9. The molecule has 0 aromatic heterocycles. The summed E-state index contributed by atoms with van der Waals surface area (Å²) in [4.78, 5) is 0. The number of allylic oxidation sites excluding steroid dienone is 1. The number of fused-ring (bicyclic) bond motifs is 5. The highest BCUT2D eigenvalue weighted by atomic mass is 16.4. The molecule has 0 aromatic rings. The molecule has 0 aromatic carbocycles. The Morgan fingerprint density at radius 2 is 1.47 bits per heavy atom. The predicted octanol–water partition coefficient (Wildman–Crippen LogP) is -0.411. The fourth-order valence-electron chi connectivity index (χ4n) is 9.20. The summed E-state index contributed by atoms with van der Waals surface area (Å²) >= 11 is 0. The summed E-state index contributed by atoms with van der Waals surface area (Å²) in [5, 5.41) is 101. The van der Waals surface area contributed by atoms with Gasteiger partial charge in [0.2, 0.25) is 0 Å². The van der Waals surface area contributed by atoms with E-state index in [1.165, 1.54) is 0 Å². The Bertz CT molecular complexity index is 881. The summed E-state index contributed by atoms with van der Waals surface area (Å²) in [6, 6.07) is 0. The first-order valence-electron chi connectivity index (χ1n) is 13.4. The van der Waals surface area contributed by atoms with Gasteiger partial charge in [0.15, 0.2) is 0 Å². The predicted molar refractivity (Wildman–Crippen MR) is 130 cm³/mol. The molecular weight excluding hydrogens is 468 g/mol. The van der Waals surface area contributed by atoms with Gasteiger partial charge in [-0.2, -0.15) is 0 Å². The van der Waals surface area contributed by atoms with Crippen LogP contribution in [0.2, 0.25) is 0 Å². The van der Waals surface area contributed by atoms with Gasteiger partial charge in [0, 0.05) is 16.7 Å². The van der Waals surface area contributed by atoms with Crippen LogP contribution in [0.5, 0.6) is 0 Å². The molecule has 4 aliphatic carbocycles. The van der Waals surface area contributed by atoms with Gasteiger partial charge in [-0.3, -0.25) is 0 Å². The third-order valence-electron chi connectivity index (χ3n) is 11.5. The number of hydrogen-bond acceptors (Lipinski definition) is 9. The van der Waals surface area contributed by atoms with E-state index in [2.05, 4.69) is 0 Å². The van der Waals surface area contributed by atoms with Gasteiger partial charge in [0.1, 0.15) is 35.1 Å². The maximum Gasteiger partial charge on any atom is 0.128 e. The fourth-order valence-corrected chi connectivity index (χ4v) is 9.20. The van der Waals surface area contributed by atoms with Crippen molar-refractivity contribution in [3.8, 4) is 0 Å². The lowest BCUT2D eigenvalue weighted by Gasteiger charge is -2.72. The minimum Gasteiger partial charge on any atom is -0.392 e. The van der Waals surface area contributed by atoms with E-state index in [1.807, 2.05) is 26.8 Å². The summed E-state index contributed by atoms with van der Waals surface area (Å²) in [6.45, 7) is 7.32. The van der Waals surface area contributed by atoms with Crippen molar-refractivity contribution in [2.75, 3.05) is 6.61 Å². The zero-order valence-corrected chi connectivity index (χ0v) is 21.9. The zero-order chi connectivity index (χ0) is 27.1. The van der Waals surface area contributed by atoms with Crippen LogP contribution in [0.25, 0.3) is 0 Å². The molecule has 4 rings (SSSR count). The Morgan fingerprint density at radius 3 is 2.08 bits per heavy atom. The first-order valence-corrected chi connectivity index (χ1v) is 13.4. The topological polar surface area (TPSA) is 182 Å². The average molecular weight is 515 g/mol. The summed E-state index contributed by atoms with van der Waals surface area (Å²) in [6.07, 6.45) is -3.96. The minimum absolute atomic E-state index is 0.0144. The highest BCUT2D eigenvalue weighted by Gasteiger charge is 2.84. The van der Waals surface area contributed by atoms with Crippen molar-refractivity contribution < 1.29 is 46.0 Å². The molecule has 4 fully saturated rings. The van der Waals surface area contributed by atoms with E-state index < -0.39 is 64.1 Å². The molecule has 36 heavy (non-hydrogen) atoms. The molecule has 0 bridgehead atoms. The molecule has 9 heteroatoms. The van der Waals surface area contributed by atoms with Gasteiger partial charge in [-0.25, -0.2) is 0 Å². The van der Waals surface area contributed by atoms with Crippen molar-refractivity contribution in [1.82, 2.24) is 0 Å². The van der Waals surface area contributed by atoms with Crippen molar-refractivity contribution in [2.45, 2.75) is 120 Å². The lowest BCUT2D eigenvalue weighted by Crippen LogP contribution is -2.88. The molecule has 13 atom stereocenters.